The number of ketones is 1. The van der Waals surface area contributed by atoms with Crippen molar-refractivity contribution < 1.29 is 4.79 Å². The molecule has 0 N–H and O–H groups in total. The van der Waals surface area contributed by atoms with E-state index in [1.165, 1.54) is 5.56 Å². The Balaban J connectivity index is 1.69. The molecule has 1 saturated heterocycles. The van der Waals surface area contributed by atoms with E-state index >= 15 is 0 Å². The molecule has 0 radical (unpaired) electrons. The van der Waals surface area contributed by atoms with Crippen molar-refractivity contribution in [3.8, 4) is 0 Å². The lowest BCUT2D eigenvalue weighted by Crippen LogP contribution is -2.43. The molecular formula is C20H24N2OS. The second-order valence-electron chi connectivity index (χ2n) is 6.31. The topological polar surface area (TPSA) is 23.6 Å². The molecule has 0 saturated carbocycles. The van der Waals surface area contributed by atoms with Crippen LogP contribution in [0.3, 0.4) is 0 Å². The van der Waals surface area contributed by atoms with E-state index in [4.69, 9.17) is 0 Å². The lowest BCUT2D eigenvalue weighted by Gasteiger charge is -2.32. The molecule has 4 heteroatoms. The molecule has 2 aromatic rings. The molecule has 0 spiro atoms. The molecule has 126 valence electrons. The molecule has 0 unspecified atom stereocenters. The van der Waals surface area contributed by atoms with E-state index in [1.54, 1.807) is 11.8 Å². The summed E-state index contributed by atoms with van der Waals surface area (Å²) in [6, 6.07) is 15.9. The molecule has 0 aromatic heterocycles. The largest absolute Gasteiger partial charge is 0.304 e. The maximum atomic E-state index is 12.7. The number of thioether (sulfide) groups is 1. The summed E-state index contributed by atoms with van der Waals surface area (Å²) >= 11 is 1.61. The second kappa shape index (κ2) is 7.97. The van der Waals surface area contributed by atoms with Crippen molar-refractivity contribution in [2.75, 3.05) is 39.5 Å². The minimum absolute atomic E-state index is 0.103. The molecular weight excluding hydrogens is 316 g/mol. The number of rotatable bonds is 5. The lowest BCUT2D eigenvalue weighted by molar-refractivity contribution is 0.103. The Bertz CT molecular complexity index is 691. The highest BCUT2D eigenvalue weighted by molar-refractivity contribution is 7.98. The smallest absolute Gasteiger partial charge is 0.194 e. The first kappa shape index (κ1) is 17.2. The summed E-state index contributed by atoms with van der Waals surface area (Å²) in [7, 11) is 2.17. The Labute approximate surface area is 148 Å². The molecule has 24 heavy (non-hydrogen) atoms. The highest BCUT2D eigenvalue weighted by Gasteiger charge is 2.15. The van der Waals surface area contributed by atoms with Gasteiger partial charge in [-0.3, -0.25) is 9.69 Å². The zero-order chi connectivity index (χ0) is 16.9. The highest BCUT2D eigenvalue weighted by atomic mass is 32.2. The fourth-order valence-corrected chi connectivity index (χ4v) is 3.61. The van der Waals surface area contributed by atoms with Gasteiger partial charge >= 0.3 is 0 Å². The fourth-order valence-electron chi connectivity index (χ4n) is 3.01. The van der Waals surface area contributed by atoms with Crippen LogP contribution in [-0.4, -0.2) is 55.1 Å². The molecule has 1 aliphatic heterocycles. The Morgan fingerprint density at radius 3 is 2.33 bits per heavy atom. The van der Waals surface area contributed by atoms with E-state index in [0.717, 1.165) is 48.7 Å². The number of carbonyl (C=O) groups excluding carboxylic acids is 1. The van der Waals surface area contributed by atoms with E-state index in [-0.39, 0.29) is 5.78 Å². The van der Waals surface area contributed by atoms with Crippen LogP contribution in [0.1, 0.15) is 21.5 Å². The zero-order valence-electron chi connectivity index (χ0n) is 14.4. The number of likely N-dealkylation sites (N-methyl/N-ethyl adjacent to an activating group) is 1. The predicted molar refractivity (Wildman–Crippen MR) is 101 cm³/mol. The van der Waals surface area contributed by atoms with Crippen molar-refractivity contribution in [1.29, 1.82) is 0 Å². The van der Waals surface area contributed by atoms with Crippen LogP contribution in [0.5, 0.6) is 0 Å². The van der Waals surface area contributed by atoms with Gasteiger partial charge in [0, 0.05) is 48.7 Å². The second-order valence-corrected chi connectivity index (χ2v) is 7.15. The highest BCUT2D eigenvalue weighted by Crippen LogP contribution is 2.23. The number of nitrogens with zero attached hydrogens (tertiary/aromatic N) is 2. The summed E-state index contributed by atoms with van der Waals surface area (Å²) in [5, 5.41) is 0. The van der Waals surface area contributed by atoms with Crippen LogP contribution in [0.25, 0.3) is 0 Å². The van der Waals surface area contributed by atoms with Gasteiger partial charge < -0.3 is 4.90 Å². The lowest BCUT2D eigenvalue weighted by atomic mass is 10.0. The first-order valence-corrected chi connectivity index (χ1v) is 9.57. The van der Waals surface area contributed by atoms with Gasteiger partial charge in [-0.1, -0.05) is 36.4 Å². The normalized spacial score (nSPS) is 16.2. The van der Waals surface area contributed by atoms with Crippen LogP contribution in [0.4, 0.5) is 0 Å². The summed E-state index contributed by atoms with van der Waals surface area (Å²) in [6.45, 7) is 5.43. The van der Waals surface area contributed by atoms with Crippen molar-refractivity contribution in [2.45, 2.75) is 11.4 Å². The summed E-state index contributed by atoms with van der Waals surface area (Å²) in [6.07, 6.45) is 2.01. The predicted octanol–water partition coefficient (Wildman–Crippen LogP) is 3.39. The van der Waals surface area contributed by atoms with E-state index in [2.05, 4.69) is 29.0 Å². The Morgan fingerprint density at radius 2 is 1.67 bits per heavy atom. The third kappa shape index (κ3) is 4.07. The summed E-state index contributed by atoms with van der Waals surface area (Å²) < 4.78 is 0. The van der Waals surface area contributed by atoms with Crippen LogP contribution in [0.15, 0.2) is 53.4 Å². The van der Waals surface area contributed by atoms with Crippen LogP contribution in [0, 0.1) is 0 Å². The average molecular weight is 340 g/mol. The van der Waals surface area contributed by atoms with Gasteiger partial charge in [0.15, 0.2) is 5.78 Å². The van der Waals surface area contributed by atoms with Gasteiger partial charge in [0.2, 0.25) is 0 Å². The number of hydrogen-bond acceptors (Lipinski definition) is 4. The molecule has 3 rings (SSSR count). The van der Waals surface area contributed by atoms with Gasteiger partial charge in [-0.15, -0.1) is 11.8 Å². The molecule has 0 atom stereocenters. The van der Waals surface area contributed by atoms with Gasteiger partial charge in [-0.25, -0.2) is 0 Å². The quantitative estimate of drug-likeness (QED) is 0.615. The van der Waals surface area contributed by atoms with Crippen LogP contribution >= 0.6 is 11.8 Å². The molecule has 3 nitrogen and oxygen atoms in total. The SMILES string of the molecule is CSc1ccccc1C(=O)c1ccc(CN2CCN(C)CC2)cc1. The fraction of sp³-hybridized carbons (Fsp3) is 0.350. The van der Waals surface area contributed by atoms with Crippen molar-refractivity contribution in [2.24, 2.45) is 0 Å². The number of benzene rings is 2. The number of hydrogen-bond donors (Lipinski definition) is 0. The van der Waals surface area contributed by atoms with Gasteiger partial charge in [-0.05, 0) is 31.0 Å². The standard InChI is InChI=1S/C20H24N2OS/c1-21-11-13-22(14-12-21)15-16-7-9-17(10-8-16)20(23)18-5-3-4-6-19(18)24-2/h3-10H,11-15H2,1-2H3. The van der Waals surface area contributed by atoms with Crippen molar-refractivity contribution in [1.82, 2.24) is 9.80 Å². The Morgan fingerprint density at radius 1 is 1.00 bits per heavy atom. The number of carbonyl (C=O) groups is 1. The monoisotopic (exact) mass is 340 g/mol. The van der Waals surface area contributed by atoms with Crippen molar-refractivity contribution >= 4 is 17.5 Å². The van der Waals surface area contributed by atoms with Crippen LogP contribution in [-0.2, 0) is 6.54 Å². The molecule has 0 bridgehead atoms. The van der Waals surface area contributed by atoms with Crippen molar-refractivity contribution in [3.05, 3.63) is 65.2 Å². The zero-order valence-corrected chi connectivity index (χ0v) is 15.2. The molecule has 1 fully saturated rings. The molecule has 0 amide bonds. The third-order valence-electron chi connectivity index (χ3n) is 4.57. The molecule has 2 aromatic carbocycles. The third-order valence-corrected chi connectivity index (χ3v) is 5.37. The maximum Gasteiger partial charge on any atom is 0.194 e. The Hall–Kier alpha value is -1.62. The van der Waals surface area contributed by atoms with Gasteiger partial charge in [0.25, 0.3) is 0 Å². The van der Waals surface area contributed by atoms with E-state index in [1.807, 2.05) is 42.7 Å². The van der Waals surface area contributed by atoms with Crippen LogP contribution in [0.2, 0.25) is 0 Å². The van der Waals surface area contributed by atoms with Crippen LogP contribution < -0.4 is 0 Å². The Kier molecular flexibility index (Phi) is 5.72. The maximum absolute atomic E-state index is 12.7. The molecule has 1 aliphatic rings. The minimum Gasteiger partial charge on any atom is -0.304 e. The first-order chi connectivity index (χ1) is 11.7. The summed E-state index contributed by atoms with van der Waals surface area (Å²) in [4.78, 5) is 18.6. The van der Waals surface area contributed by atoms with E-state index in [9.17, 15) is 4.79 Å². The molecule has 0 aliphatic carbocycles. The summed E-state index contributed by atoms with van der Waals surface area (Å²) in [5.74, 6) is 0.103. The van der Waals surface area contributed by atoms with Gasteiger partial charge in [-0.2, -0.15) is 0 Å². The van der Waals surface area contributed by atoms with E-state index < -0.39 is 0 Å². The van der Waals surface area contributed by atoms with Gasteiger partial charge in [0.05, 0.1) is 0 Å². The minimum atomic E-state index is 0.103. The average Bonchev–Trinajstić information content (AvgIpc) is 2.63. The van der Waals surface area contributed by atoms with Crippen molar-refractivity contribution in [3.63, 3.8) is 0 Å². The summed E-state index contributed by atoms with van der Waals surface area (Å²) in [5.41, 5.74) is 2.82. The first-order valence-electron chi connectivity index (χ1n) is 8.35. The molecule has 1 heterocycles. The van der Waals surface area contributed by atoms with E-state index in [0.29, 0.717) is 0 Å². The number of piperazine rings is 1. The van der Waals surface area contributed by atoms with Gasteiger partial charge in [0.1, 0.15) is 0 Å².